The highest BCUT2D eigenvalue weighted by Crippen LogP contribution is 2.23. The molecule has 1 aromatic carbocycles. The number of hydrogen-bond donors (Lipinski definition) is 1. The number of nitrogens with zero attached hydrogens (tertiary/aromatic N) is 2. The Bertz CT molecular complexity index is 505. The second-order valence-electron chi connectivity index (χ2n) is 3.98. The zero-order valence-electron chi connectivity index (χ0n) is 10.4. The van der Waals surface area contributed by atoms with Gasteiger partial charge in [-0.25, -0.2) is 4.98 Å². The molecule has 0 aliphatic heterocycles. The summed E-state index contributed by atoms with van der Waals surface area (Å²) in [6, 6.07) is 6.10. The Morgan fingerprint density at radius 1 is 1.41 bits per heavy atom. The monoisotopic (exact) mass is 231 g/mol. The smallest absolute Gasteiger partial charge is 0.142 e. The first-order chi connectivity index (χ1) is 8.24. The van der Waals surface area contributed by atoms with Gasteiger partial charge in [-0.2, -0.15) is 0 Å². The zero-order chi connectivity index (χ0) is 12.3. The predicted molar refractivity (Wildman–Crippen MR) is 67.6 cm³/mol. The van der Waals surface area contributed by atoms with Crippen LogP contribution in [0.3, 0.4) is 0 Å². The van der Waals surface area contributed by atoms with Gasteiger partial charge in [-0.05, 0) is 31.7 Å². The van der Waals surface area contributed by atoms with E-state index in [-0.39, 0.29) is 0 Å². The number of imidazole rings is 1. The van der Waals surface area contributed by atoms with Crippen LogP contribution in [0.15, 0.2) is 30.7 Å². The standard InChI is InChI=1S/C13H17N3O/c1-10-4-5-13(17-3)12(6-10)16-8-11(7-14-2)15-9-16/h4-6,8-9,14H,7H2,1-3H3. The van der Waals surface area contributed by atoms with Crippen LogP contribution in [0.5, 0.6) is 5.75 Å². The quantitative estimate of drug-likeness (QED) is 0.873. The molecular weight excluding hydrogens is 214 g/mol. The highest BCUT2D eigenvalue weighted by atomic mass is 16.5. The maximum absolute atomic E-state index is 5.36. The van der Waals surface area contributed by atoms with Gasteiger partial charge in [-0.1, -0.05) is 6.07 Å². The number of aromatic nitrogens is 2. The van der Waals surface area contributed by atoms with Crippen LogP contribution in [0.25, 0.3) is 5.69 Å². The van der Waals surface area contributed by atoms with E-state index in [9.17, 15) is 0 Å². The van der Waals surface area contributed by atoms with Crippen LogP contribution in [-0.2, 0) is 6.54 Å². The van der Waals surface area contributed by atoms with Gasteiger partial charge in [0, 0.05) is 12.7 Å². The summed E-state index contributed by atoms with van der Waals surface area (Å²) in [6.45, 7) is 2.83. The van der Waals surface area contributed by atoms with Crippen LogP contribution in [0.4, 0.5) is 0 Å². The molecule has 17 heavy (non-hydrogen) atoms. The minimum atomic E-state index is 0.765. The normalized spacial score (nSPS) is 10.5. The van der Waals surface area contributed by atoms with Crippen molar-refractivity contribution < 1.29 is 4.74 Å². The Hall–Kier alpha value is -1.81. The van der Waals surface area contributed by atoms with Crippen molar-refractivity contribution in [1.82, 2.24) is 14.9 Å². The lowest BCUT2D eigenvalue weighted by molar-refractivity contribution is 0.412. The molecule has 1 heterocycles. The van der Waals surface area contributed by atoms with Gasteiger partial charge in [0.15, 0.2) is 0 Å². The number of methoxy groups -OCH3 is 1. The number of hydrogen-bond acceptors (Lipinski definition) is 3. The van der Waals surface area contributed by atoms with Crippen molar-refractivity contribution >= 4 is 0 Å². The molecule has 0 unspecified atom stereocenters. The number of aryl methyl sites for hydroxylation is 1. The van der Waals surface area contributed by atoms with Gasteiger partial charge >= 0.3 is 0 Å². The minimum absolute atomic E-state index is 0.765. The molecule has 1 aromatic heterocycles. The van der Waals surface area contributed by atoms with E-state index in [4.69, 9.17) is 4.74 Å². The molecule has 2 rings (SSSR count). The molecule has 4 nitrogen and oxygen atoms in total. The predicted octanol–water partition coefficient (Wildman–Crippen LogP) is 1.91. The maximum atomic E-state index is 5.36. The Morgan fingerprint density at radius 2 is 2.24 bits per heavy atom. The second kappa shape index (κ2) is 5.01. The number of ether oxygens (including phenoxy) is 1. The summed E-state index contributed by atoms with van der Waals surface area (Å²) in [6.07, 6.45) is 3.82. The lowest BCUT2D eigenvalue weighted by Crippen LogP contribution is -2.05. The Balaban J connectivity index is 2.40. The van der Waals surface area contributed by atoms with Crippen LogP contribution in [0.2, 0.25) is 0 Å². The molecular formula is C13H17N3O. The number of nitrogens with one attached hydrogen (secondary N) is 1. The van der Waals surface area contributed by atoms with Crippen LogP contribution in [-0.4, -0.2) is 23.7 Å². The molecule has 0 atom stereocenters. The zero-order valence-corrected chi connectivity index (χ0v) is 10.4. The first-order valence-electron chi connectivity index (χ1n) is 5.57. The molecule has 0 saturated carbocycles. The van der Waals surface area contributed by atoms with Gasteiger partial charge < -0.3 is 14.6 Å². The fourth-order valence-electron chi connectivity index (χ4n) is 1.77. The topological polar surface area (TPSA) is 39.1 Å². The molecule has 0 radical (unpaired) electrons. The van der Waals surface area contributed by atoms with Crippen molar-refractivity contribution in [3.8, 4) is 11.4 Å². The molecule has 0 bridgehead atoms. The first-order valence-corrected chi connectivity index (χ1v) is 5.57. The fraction of sp³-hybridized carbons (Fsp3) is 0.308. The average molecular weight is 231 g/mol. The third-order valence-corrected chi connectivity index (χ3v) is 2.61. The highest BCUT2D eigenvalue weighted by molar-refractivity contribution is 5.49. The fourth-order valence-corrected chi connectivity index (χ4v) is 1.77. The van der Waals surface area contributed by atoms with Crippen molar-refractivity contribution in [3.05, 3.63) is 42.0 Å². The van der Waals surface area contributed by atoms with E-state index >= 15 is 0 Å². The third kappa shape index (κ3) is 2.47. The third-order valence-electron chi connectivity index (χ3n) is 2.61. The molecule has 2 aromatic rings. The molecule has 0 saturated heterocycles. The molecule has 90 valence electrons. The summed E-state index contributed by atoms with van der Waals surface area (Å²) in [5.41, 5.74) is 3.23. The molecule has 0 spiro atoms. The molecule has 0 aliphatic carbocycles. The molecule has 1 N–H and O–H groups in total. The number of benzene rings is 1. The molecule has 4 heteroatoms. The van der Waals surface area contributed by atoms with Crippen LogP contribution < -0.4 is 10.1 Å². The van der Waals surface area contributed by atoms with Crippen molar-refractivity contribution in [2.75, 3.05) is 14.2 Å². The van der Waals surface area contributed by atoms with Crippen LogP contribution in [0, 0.1) is 6.92 Å². The van der Waals surface area contributed by atoms with E-state index in [1.807, 2.05) is 36.3 Å². The summed E-state index contributed by atoms with van der Waals surface area (Å²) in [5.74, 6) is 0.851. The summed E-state index contributed by atoms with van der Waals surface area (Å²) in [7, 11) is 3.59. The SMILES string of the molecule is CNCc1cn(-c2cc(C)ccc2OC)cn1. The Kier molecular flexibility index (Phi) is 3.44. The van der Waals surface area contributed by atoms with Crippen molar-refractivity contribution in [3.63, 3.8) is 0 Å². The summed E-state index contributed by atoms with van der Waals surface area (Å²) < 4.78 is 7.34. The van der Waals surface area contributed by atoms with Gasteiger partial charge in [0.25, 0.3) is 0 Å². The van der Waals surface area contributed by atoms with Gasteiger partial charge in [-0.15, -0.1) is 0 Å². The van der Waals surface area contributed by atoms with E-state index < -0.39 is 0 Å². The largest absolute Gasteiger partial charge is 0.495 e. The summed E-state index contributed by atoms with van der Waals surface area (Å²) in [4.78, 5) is 4.33. The minimum Gasteiger partial charge on any atom is -0.495 e. The van der Waals surface area contributed by atoms with E-state index in [1.54, 1.807) is 7.11 Å². The Morgan fingerprint density at radius 3 is 2.94 bits per heavy atom. The van der Waals surface area contributed by atoms with Crippen LogP contribution >= 0.6 is 0 Å². The van der Waals surface area contributed by atoms with E-state index in [0.717, 1.165) is 23.7 Å². The van der Waals surface area contributed by atoms with Crippen molar-refractivity contribution in [2.45, 2.75) is 13.5 Å². The summed E-state index contributed by atoms with van der Waals surface area (Å²) >= 11 is 0. The average Bonchev–Trinajstić information content (AvgIpc) is 2.78. The van der Waals surface area contributed by atoms with E-state index in [1.165, 1.54) is 5.56 Å². The van der Waals surface area contributed by atoms with Crippen molar-refractivity contribution in [2.24, 2.45) is 0 Å². The highest BCUT2D eigenvalue weighted by Gasteiger charge is 2.06. The van der Waals surface area contributed by atoms with E-state index in [0.29, 0.717) is 0 Å². The summed E-state index contributed by atoms with van der Waals surface area (Å²) in [5, 5.41) is 3.08. The lowest BCUT2D eigenvalue weighted by Gasteiger charge is -2.09. The van der Waals surface area contributed by atoms with E-state index in [2.05, 4.69) is 23.3 Å². The first kappa shape index (κ1) is 11.7. The van der Waals surface area contributed by atoms with Gasteiger partial charge in [-0.3, -0.25) is 0 Å². The van der Waals surface area contributed by atoms with Gasteiger partial charge in [0.05, 0.1) is 24.8 Å². The second-order valence-corrected chi connectivity index (χ2v) is 3.98. The van der Waals surface area contributed by atoms with Crippen molar-refractivity contribution in [1.29, 1.82) is 0 Å². The molecule has 0 amide bonds. The maximum Gasteiger partial charge on any atom is 0.142 e. The Labute approximate surface area is 101 Å². The van der Waals surface area contributed by atoms with Gasteiger partial charge in [0.2, 0.25) is 0 Å². The molecule has 0 aliphatic rings. The van der Waals surface area contributed by atoms with Crippen LogP contribution in [0.1, 0.15) is 11.3 Å². The lowest BCUT2D eigenvalue weighted by atomic mass is 10.2. The molecule has 0 fully saturated rings. The number of rotatable bonds is 4. The van der Waals surface area contributed by atoms with Gasteiger partial charge in [0.1, 0.15) is 5.75 Å².